The van der Waals surface area contributed by atoms with Gasteiger partial charge in [0.05, 0.1) is 11.9 Å². The highest BCUT2D eigenvalue weighted by Gasteiger charge is 2.05. The Balaban J connectivity index is 1.49. The summed E-state index contributed by atoms with van der Waals surface area (Å²) in [5.41, 5.74) is 1.92. The fraction of sp³-hybridized carbons (Fsp3) is 0.111. The topological polar surface area (TPSA) is 56.1 Å². The second kappa shape index (κ2) is 7.26. The van der Waals surface area contributed by atoms with Crippen LogP contribution in [-0.4, -0.2) is 22.3 Å². The molecule has 1 amide bonds. The fourth-order valence-corrected chi connectivity index (χ4v) is 2.09. The number of aromatic nitrogens is 2. The third-order valence-corrected chi connectivity index (χ3v) is 3.26. The summed E-state index contributed by atoms with van der Waals surface area (Å²) in [6.45, 7) is 0.417. The molecular formula is C18H17N3O2. The Morgan fingerprint density at radius 1 is 1.04 bits per heavy atom. The number of rotatable bonds is 6. The molecule has 0 unspecified atom stereocenters. The lowest BCUT2D eigenvalue weighted by Crippen LogP contribution is -2.28. The van der Waals surface area contributed by atoms with Crippen molar-refractivity contribution in [3.05, 3.63) is 78.6 Å². The van der Waals surface area contributed by atoms with E-state index in [-0.39, 0.29) is 12.5 Å². The lowest BCUT2D eigenvalue weighted by atomic mass is 10.3. The van der Waals surface area contributed by atoms with Gasteiger partial charge in [0.15, 0.2) is 6.61 Å². The van der Waals surface area contributed by atoms with E-state index in [1.54, 1.807) is 10.9 Å². The number of benzene rings is 2. The summed E-state index contributed by atoms with van der Waals surface area (Å²) in [6, 6.07) is 19.1. The minimum atomic E-state index is -0.165. The van der Waals surface area contributed by atoms with Crippen molar-refractivity contribution in [1.82, 2.24) is 15.1 Å². The predicted molar refractivity (Wildman–Crippen MR) is 87.3 cm³/mol. The molecular weight excluding hydrogens is 290 g/mol. The smallest absolute Gasteiger partial charge is 0.258 e. The van der Waals surface area contributed by atoms with Crippen LogP contribution in [0.15, 0.2) is 73.1 Å². The van der Waals surface area contributed by atoms with Crippen LogP contribution in [0.1, 0.15) is 5.56 Å². The molecule has 1 aromatic heterocycles. The van der Waals surface area contributed by atoms with Crippen molar-refractivity contribution in [2.24, 2.45) is 0 Å². The number of carbonyl (C=O) groups excluding carboxylic acids is 1. The number of amides is 1. The van der Waals surface area contributed by atoms with Crippen LogP contribution in [0.25, 0.3) is 5.69 Å². The average molecular weight is 307 g/mol. The minimum Gasteiger partial charge on any atom is -0.484 e. The van der Waals surface area contributed by atoms with Crippen molar-refractivity contribution in [2.45, 2.75) is 6.54 Å². The number of para-hydroxylation sites is 2. The number of ether oxygens (including phenoxy) is 1. The second-order valence-electron chi connectivity index (χ2n) is 5.01. The summed E-state index contributed by atoms with van der Waals surface area (Å²) in [5.74, 6) is 0.515. The maximum Gasteiger partial charge on any atom is 0.258 e. The van der Waals surface area contributed by atoms with Crippen molar-refractivity contribution < 1.29 is 9.53 Å². The maximum atomic E-state index is 11.8. The molecule has 0 spiro atoms. The zero-order chi connectivity index (χ0) is 15.9. The zero-order valence-electron chi connectivity index (χ0n) is 12.6. The number of carbonyl (C=O) groups is 1. The number of hydrogen-bond donors (Lipinski definition) is 1. The van der Waals surface area contributed by atoms with Gasteiger partial charge in [0.2, 0.25) is 0 Å². The Hall–Kier alpha value is -3.08. The molecule has 0 bridgehead atoms. The van der Waals surface area contributed by atoms with E-state index in [1.807, 2.05) is 66.9 Å². The predicted octanol–water partition coefficient (Wildman–Crippen LogP) is 2.57. The molecule has 0 saturated carbocycles. The SMILES string of the molecule is O=C(COc1ccccc1)NCc1cnn(-c2ccccc2)c1. The van der Waals surface area contributed by atoms with Crippen molar-refractivity contribution >= 4 is 5.91 Å². The first-order valence-electron chi connectivity index (χ1n) is 7.35. The van der Waals surface area contributed by atoms with E-state index in [0.29, 0.717) is 12.3 Å². The molecule has 3 rings (SSSR count). The van der Waals surface area contributed by atoms with Crippen LogP contribution in [0.5, 0.6) is 5.75 Å². The van der Waals surface area contributed by atoms with Crippen LogP contribution in [0.2, 0.25) is 0 Å². The van der Waals surface area contributed by atoms with Gasteiger partial charge < -0.3 is 10.1 Å². The lowest BCUT2D eigenvalue weighted by Gasteiger charge is -2.06. The molecule has 0 aliphatic rings. The van der Waals surface area contributed by atoms with Crippen LogP contribution < -0.4 is 10.1 Å². The monoisotopic (exact) mass is 307 g/mol. The van der Waals surface area contributed by atoms with Crippen LogP contribution in [0, 0.1) is 0 Å². The third-order valence-electron chi connectivity index (χ3n) is 3.26. The third kappa shape index (κ3) is 4.20. The molecule has 1 heterocycles. The Labute approximate surface area is 134 Å². The summed E-state index contributed by atoms with van der Waals surface area (Å²) in [7, 11) is 0. The second-order valence-corrected chi connectivity index (χ2v) is 5.01. The molecule has 0 radical (unpaired) electrons. The average Bonchev–Trinajstić information content (AvgIpc) is 3.09. The molecule has 0 fully saturated rings. The fourth-order valence-electron chi connectivity index (χ4n) is 2.09. The molecule has 23 heavy (non-hydrogen) atoms. The van der Waals surface area contributed by atoms with E-state index in [4.69, 9.17) is 4.74 Å². The van der Waals surface area contributed by atoms with Gasteiger partial charge in [0, 0.05) is 18.3 Å². The van der Waals surface area contributed by atoms with Gasteiger partial charge in [-0.15, -0.1) is 0 Å². The summed E-state index contributed by atoms with van der Waals surface area (Å²) in [5, 5.41) is 7.11. The number of nitrogens with zero attached hydrogens (tertiary/aromatic N) is 2. The molecule has 5 heteroatoms. The quantitative estimate of drug-likeness (QED) is 0.761. The molecule has 0 atom stereocenters. The van der Waals surface area contributed by atoms with Gasteiger partial charge in [-0.1, -0.05) is 36.4 Å². The summed E-state index contributed by atoms with van der Waals surface area (Å²) in [6.07, 6.45) is 3.64. The normalized spacial score (nSPS) is 10.3. The van der Waals surface area contributed by atoms with Crippen LogP contribution in [0.4, 0.5) is 0 Å². The molecule has 3 aromatic rings. The van der Waals surface area contributed by atoms with Crippen molar-refractivity contribution in [1.29, 1.82) is 0 Å². The Morgan fingerprint density at radius 3 is 2.48 bits per heavy atom. The first-order chi connectivity index (χ1) is 11.3. The van der Waals surface area contributed by atoms with E-state index in [9.17, 15) is 4.79 Å². The van der Waals surface area contributed by atoms with Gasteiger partial charge in [-0.2, -0.15) is 5.10 Å². The van der Waals surface area contributed by atoms with Crippen LogP contribution >= 0.6 is 0 Å². The Kier molecular flexibility index (Phi) is 4.69. The highest BCUT2D eigenvalue weighted by molar-refractivity contribution is 5.77. The van der Waals surface area contributed by atoms with E-state index in [1.165, 1.54) is 0 Å². The van der Waals surface area contributed by atoms with E-state index < -0.39 is 0 Å². The zero-order valence-corrected chi connectivity index (χ0v) is 12.6. The van der Waals surface area contributed by atoms with E-state index in [2.05, 4.69) is 10.4 Å². The van der Waals surface area contributed by atoms with Gasteiger partial charge in [-0.25, -0.2) is 4.68 Å². The summed E-state index contributed by atoms with van der Waals surface area (Å²) >= 11 is 0. The van der Waals surface area contributed by atoms with Gasteiger partial charge in [-0.3, -0.25) is 4.79 Å². The highest BCUT2D eigenvalue weighted by atomic mass is 16.5. The maximum absolute atomic E-state index is 11.8. The van der Waals surface area contributed by atoms with Crippen molar-refractivity contribution in [3.63, 3.8) is 0 Å². The van der Waals surface area contributed by atoms with Gasteiger partial charge in [-0.05, 0) is 24.3 Å². The molecule has 0 saturated heterocycles. The molecule has 2 aromatic carbocycles. The van der Waals surface area contributed by atoms with Gasteiger partial charge in [0.25, 0.3) is 5.91 Å². The summed E-state index contributed by atoms with van der Waals surface area (Å²) in [4.78, 5) is 11.8. The Bertz CT molecular complexity index is 754. The van der Waals surface area contributed by atoms with Crippen LogP contribution in [0.3, 0.4) is 0 Å². The first-order valence-corrected chi connectivity index (χ1v) is 7.35. The molecule has 0 aliphatic carbocycles. The summed E-state index contributed by atoms with van der Waals surface area (Å²) < 4.78 is 7.18. The number of nitrogens with one attached hydrogen (secondary N) is 1. The van der Waals surface area contributed by atoms with Gasteiger partial charge >= 0.3 is 0 Å². The van der Waals surface area contributed by atoms with Crippen molar-refractivity contribution in [2.75, 3.05) is 6.61 Å². The standard InChI is InChI=1S/C18H17N3O2/c22-18(14-23-17-9-5-2-6-10-17)19-11-15-12-20-21(13-15)16-7-3-1-4-8-16/h1-10,12-13H,11,14H2,(H,19,22). The van der Waals surface area contributed by atoms with Crippen LogP contribution in [-0.2, 0) is 11.3 Å². The number of hydrogen-bond acceptors (Lipinski definition) is 3. The molecule has 5 nitrogen and oxygen atoms in total. The van der Waals surface area contributed by atoms with E-state index >= 15 is 0 Å². The molecule has 0 aliphatic heterocycles. The first kappa shape index (κ1) is 14.8. The van der Waals surface area contributed by atoms with Gasteiger partial charge in [0.1, 0.15) is 5.75 Å². The minimum absolute atomic E-state index is 0.00314. The Morgan fingerprint density at radius 2 is 1.74 bits per heavy atom. The molecule has 1 N–H and O–H groups in total. The van der Waals surface area contributed by atoms with E-state index in [0.717, 1.165) is 11.3 Å². The highest BCUT2D eigenvalue weighted by Crippen LogP contribution is 2.08. The van der Waals surface area contributed by atoms with Crippen molar-refractivity contribution in [3.8, 4) is 11.4 Å². The lowest BCUT2D eigenvalue weighted by molar-refractivity contribution is -0.123. The largest absolute Gasteiger partial charge is 0.484 e. The molecule has 116 valence electrons.